The molecule has 0 aromatic rings. The second kappa shape index (κ2) is 4.17. The summed E-state index contributed by atoms with van der Waals surface area (Å²) >= 11 is 0. The van der Waals surface area contributed by atoms with Crippen molar-refractivity contribution in [3.63, 3.8) is 0 Å². The van der Waals surface area contributed by atoms with E-state index >= 15 is 0 Å². The second-order valence-electron chi connectivity index (χ2n) is 4.73. The molecule has 2 N–H and O–H groups in total. The number of rotatable bonds is 3. The van der Waals surface area contributed by atoms with E-state index in [9.17, 15) is 5.11 Å². The fourth-order valence-electron chi connectivity index (χ4n) is 3.12. The fourth-order valence-corrected chi connectivity index (χ4v) is 3.12. The maximum atomic E-state index is 9.60. The second-order valence-corrected chi connectivity index (χ2v) is 4.73. The van der Waals surface area contributed by atoms with Crippen LogP contribution in [-0.4, -0.2) is 48.3 Å². The molecule has 0 radical (unpaired) electrons. The molecular weight excluding hydrogens is 176 g/mol. The smallest absolute Gasteiger partial charge is 0.0617 e. The van der Waals surface area contributed by atoms with Crippen LogP contribution in [-0.2, 0) is 0 Å². The van der Waals surface area contributed by atoms with E-state index < -0.39 is 0 Å². The molecule has 2 fully saturated rings. The first-order chi connectivity index (χ1) is 6.80. The van der Waals surface area contributed by atoms with E-state index in [2.05, 4.69) is 17.1 Å². The monoisotopic (exact) mass is 198 g/mol. The molecule has 0 amide bonds. The zero-order chi connectivity index (χ0) is 10.0. The van der Waals surface area contributed by atoms with Gasteiger partial charge in [-0.3, -0.25) is 0 Å². The predicted molar refractivity (Wildman–Crippen MR) is 57.3 cm³/mol. The van der Waals surface area contributed by atoms with Crippen molar-refractivity contribution < 1.29 is 5.11 Å². The molecule has 0 spiro atoms. The topological polar surface area (TPSA) is 35.5 Å². The van der Waals surface area contributed by atoms with Crippen LogP contribution in [0.15, 0.2) is 0 Å². The number of hydrogen-bond donors (Lipinski definition) is 2. The van der Waals surface area contributed by atoms with Gasteiger partial charge in [-0.1, -0.05) is 6.92 Å². The molecule has 0 saturated carbocycles. The van der Waals surface area contributed by atoms with E-state index in [1.54, 1.807) is 0 Å². The molecule has 0 aliphatic carbocycles. The van der Waals surface area contributed by atoms with Crippen molar-refractivity contribution in [3.8, 4) is 0 Å². The van der Waals surface area contributed by atoms with Crippen molar-refractivity contribution in [3.05, 3.63) is 0 Å². The lowest BCUT2D eigenvalue weighted by Gasteiger charge is -2.50. The van der Waals surface area contributed by atoms with Crippen molar-refractivity contribution >= 4 is 0 Å². The van der Waals surface area contributed by atoms with Crippen LogP contribution >= 0.6 is 0 Å². The molecule has 2 heterocycles. The molecule has 3 unspecified atom stereocenters. The highest BCUT2D eigenvalue weighted by molar-refractivity contribution is 5.00. The number of nitrogens with zero attached hydrogens (tertiary/aromatic N) is 1. The van der Waals surface area contributed by atoms with Gasteiger partial charge in [-0.05, 0) is 44.8 Å². The Morgan fingerprint density at radius 2 is 2.36 bits per heavy atom. The maximum Gasteiger partial charge on any atom is 0.0617 e. The summed E-state index contributed by atoms with van der Waals surface area (Å²) in [5, 5.41) is 13.1. The van der Waals surface area contributed by atoms with Crippen LogP contribution in [0.4, 0.5) is 0 Å². The van der Waals surface area contributed by atoms with Gasteiger partial charge in [0.15, 0.2) is 0 Å². The van der Waals surface area contributed by atoms with Crippen molar-refractivity contribution in [2.75, 3.05) is 32.8 Å². The van der Waals surface area contributed by atoms with Gasteiger partial charge in [0.25, 0.3) is 0 Å². The normalized spacial score (nSPS) is 42.4. The molecule has 3 heteroatoms. The Bertz CT molecular complexity index is 198. The summed E-state index contributed by atoms with van der Waals surface area (Å²) in [5.74, 6) is 0.662. The predicted octanol–water partition coefficient (Wildman–Crippen LogP) is 0.443. The van der Waals surface area contributed by atoms with E-state index in [-0.39, 0.29) is 5.54 Å². The summed E-state index contributed by atoms with van der Waals surface area (Å²) in [7, 11) is 0. The zero-order valence-electron chi connectivity index (χ0n) is 9.13. The van der Waals surface area contributed by atoms with Crippen LogP contribution < -0.4 is 5.32 Å². The number of aliphatic hydroxyl groups is 1. The zero-order valence-corrected chi connectivity index (χ0v) is 9.13. The lowest BCUT2D eigenvalue weighted by molar-refractivity contribution is -0.00103. The van der Waals surface area contributed by atoms with Crippen LogP contribution in [0.3, 0.4) is 0 Å². The van der Waals surface area contributed by atoms with Gasteiger partial charge in [-0.15, -0.1) is 0 Å². The molecule has 3 nitrogen and oxygen atoms in total. The van der Waals surface area contributed by atoms with E-state index in [4.69, 9.17) is 0 Å². The molecule has 2 aliphatic rings. The van der Waals surface area contributed by atoms with Gasteiger partial charge in [-0.2, -0.15) is 0 Å². The van der Waals surface area contributed by atoms with Gasteiger partial charge < -0.3 is 15.3 Å². The summed E-state index contributed by atoms with van der Waals surface area (Å²) in [6, 6.07) is 0. The Balaban J connectivity index is 2.08. The fraction of sp³-hybridized carbons (Fsp3) is 1.00. The summed E-state index contributed by atoms with van der Waals surface area (Å²) in [6.45, 7) is 7.02. The Hall–Kier alpha value is -0.120. The Kier molecular flexibility index (Phi) is 3.10. The highest BCUT2D eigenvalue weighted by atomic mass is 16.3. The first-order valence-corrected chi connectivity index (χ1v) is 5.89. The first kappa shape index (κ1) is 10.4. The Morgan fingerprint density at radius 1 is 1.50 bits per heavy atom. The first-order valence-electron chi connectivity index (χ1n) is 5.89. The van der Waals surface area contributed by atoms with Gasteiger partial charge in [0, 0.05) is 12.1 Å². The van der Waals surface area contributed by atoms with Crippen LogP contribution in [0.5, 0.6) is 0 Å². The van der Waals surface area contributed by atoms with E-state index in [1.807, 2.05) is 0 Å². The lowest BCUT2D eigenvalue weighted by atomic mass is 9.74. The summed E-state index contributed by atoms with van der Waals surface area (Å²) < 4.78 is 0. The van der Waals surface area contributed by atoms with Gasteiger partial charge >= 0.3 is 0 Å². The van der Waals surface area contributed by atoms with Crippen LogP contribution in [0.1, 0.15) is 26.2 Å². The third-order valence-corrected chi connectivity index (χ3v) is 3.97. The van der Waals surface area contributed by atoms with Gasteiger partial charge in [-0.25, -0.2) is 0 Å². The van der Waals surface area contributed by atoms with Crippen molar-refractivity contribution in [2.45, 2.75) is 31.7 Å². The standard InChI is InChI=1S/C11H22N2O/c1-2-12-11(9-14)5-7-13-6-3-4-10(11)8-13/h10,12,14H,2-9H2,1H3. The molecule has 82 valence electrons. The van der Waals surface area contributed by atoms with Gasteiger partial charge in [0.05, 0.1) is 6.61 Å². The molecule has 14 heavy (non-hydrogen) atoms. The minimum atomic E-state index is 0.0334. The van der Waals surface area contributed by atoms with Crippen LogP contribution in [0.25, 0.3) is 0 Å². The highest BCUT2D eigenvalue weighted by Crippen LogP contribution is 2.34. The molecule has 2 rings (SSSR count). The van der Waals surface area contributed by atoms with Gasteiger partial charge in [0.1, 0.15) is 0 Å². The minimum absolute atomic E-state index is 0.0334. The van der Waals surface area contributed by atoms with Crippen molar-refractivity contribution in [1.82, 2.24) is 10.2 Å². The summed E-state index contributed by atoms with van der Waals surface area (Å²) in [6.07, 6.45) is 3.70. The number of aliphatic hydroxyl groups excluding tert-OH is 1. The van der Waals surface area contributed by atoms with E-state index in [0.717, 1.165) is 19.5 Å². The minimum Gasteiger partial charge on any atom is -0.394 e. The van der Waals surface area contributed by atoms with Crippen LogP contribution in [0.2, 0.25) is 0 Å². The van der Waals surface area contributed by atoms with Crippen molar-refractivity contribution in [2.24, 2.45) is 5.92 Å². The third kappa shape index (κ3) is 1.69. The van der Waals surface area contributed by atoms with E-state index in [1.165, 1.54) is 25.9 Å². The molecule has 2 bridgehead atoms. The number of likely N-dealkylation sites (N-methyl/N-ethyl adjacent to an activating group) is 1. The van der Waals surface area contributed by atoms with Gasteiger partial charge in [0.2, 0.25) is 0 Å². The maximum absolute atomic E-state index is 9.60. The number of piperidine rings is 2. The summed E-state index contributed by atoms with van der Waals surface area (Å²) in [5.41, 5.74) is 0.0334. The molecule has 0 aromatic carbocycles. The molecule has 2 aliphatic heterocycles. The molecular formula is C11H22N2O. The molecule has 3 atom stereocenters. The molecule has 0 aromatic heterocycles. The Morgan fingerprint density at radius 3 is 3.07 bits per heavy atom. The Labute approximate surface area is 86.5 Å². The highest BCUT2D eigenvalue weighted by Gasteiger charge is 2.43. The average Bonchev–Trinajstić information content (AvgIpc) is 2.24. The summed E-state index contributed by atoms with van der Waals surface area (Å²) in [4.78, 5) is 2.54. The largest absolute Gasteiger partial charge is 0.394 e. The quantitative estimate of drug-likeness (QED) is 0.691. The SMILES string of the molecule is CCNC1(CO)CCN2CCCC1C2. The lowest BCUT2D eigenvalue weighted by Crippen LogP contribution is -2.63. The number of nitrogens with one attached hydrogen (secondary N) is 1. The number of hydrogen-bond acceptors (Lipinski definition) is 3. The van der Waals surface area contributed by atoms with E-state index in [0.29, 0.717) is 12.5 Å². The average molecular weight is 198 g/mol. The number of fused-ring (bicyclic) bond motifs is 2. The third-order valence-electron chi connectivity index (χ3n) is 3.97. The molecule has 2 saturated heterocycles. The van der Waals surface area contributed by atoms with Crippen molar-refractivity contribution in [1.29, 1.82) is 0 Å². The van der Waals surface area contributed by atoms with Crippen LogP contribution in [0, 0.1) is 5.92 Å².